The van der Waals surface area contributed by atoms with E-state index in [2.05, 4.69) is 10.1 Å². The number of ether oxygens (including phenoxy) is 3. The molecule has 2 N–H and O–H groups in total. The van der Waals surface area contributed by atoms with Crippen molar-refractivity contribution in [3.8, 4) is 5.75 Å². The maximum atomic E-state index is 15.0. The van der Waals surface area contributed by atoms with Crippen molar-refractivity contribution in [2.45, 2.75) is 18.6 Å². The number of anilines is 1. The molecule has 166 valence electrons. The average Bonchev–Trinajstić information content (AvgIpc) is 3.12. The van der Waals surface area contributed by atoms with Crippen molar-refractivity contribution in [3.63, 3.8) is 0 Å². The van der Waals surface area contributed by atoms with Gasteiger partial charge in [0.1, 0.15) is 36.9 Å². The number of hydrogen-bond donors (Lipinski definition) is 2. The molecular formula is C20H22FN3O7. The molecule has 3 aliphatic heterocycles. The molecule has 3 heterocycles. The van der Waals surface area contributed by atoms with Gasteiger partial charge in [0.05, 0.1) is 19.3 Å². The summed E-state index contributed by atoms with van der Waals surface area (Å²) in [6, 6.07) is 2.26. The number of aliphatic hydroxyl groups excluding tert-OH is 1. The Balaban J connectivity index is 1.55. The zero-order chi connectivity index (χ0) is 22.1. The van der Waals surface area contributed by atoms with Crippen LogP contribution in [0.1, 0.15) is 12.0 Å². The van der Waals surface area contributed by atoms with Crippen LogP contribution in [-0.2, 0) is 14.3 Å². The number of rotatable bonds is 4. The number of methoxy groups -OCH3 is 1. The van der Waals surface area contributed by atoms with Crippen LogP contribution < -0.4 is 15.0 Å². The van der Waals surface area contributed by atoms with Crippen molar-refractivity contribution in [2.24, 2.45) is 0 Å². The van der Waals surface area contributed by atoms with E-state index >= 15 is 0 Å². The van der Waals surface area contributed by atoms with Crippen LogP contribution in [-0.4, -0.2) is 80.2 Å². The molecule has 11 heteroatoms. The monoisotopic (exact) mass is 435 g/mol. The molecule has 0 unspecified atom stereocenters. The van der Waals surface area contributed by atoms with Crippen molar-refractivity contribution in [3.05, 3.63) is 29.6 Å². The molecule has 3 aliphatic rings. The summed E-state index contributed by atoms with van der Waals surface area (Å²) in [7, 11) is 1.23. The number of cyclic esters (lactones) is 1. The smallest absolute Gasteiger partial charge is 0.415 e. The molecular weight excluding hydrogens is 413 g/mol. The first kappa shape index (κ1) is 20.9. The third kappa shape index (κ3) is 3.88. The van der Waals surface area contributed by atoms with Crippen molar-refractivity contribution in [1.82, 2.24) is 10.2 Å². The topological polar surface area (TPSA) is 118 Å². The summed E-state index contributed by atoms with van der Waals surface area (Å²) >= 11 is 0. The molecule has 1 aromatic carbocycles. The fourth-order valence-corrected chi connectivity index (χ4v) is 3.97. The third-order valence-corrected chi connectivity index (χ3v) is 5.60. The molecule has 10 nitrogen and oxygen atoms in total. The Kier molecular flexibility index (Phi) is 5.68. The van der Waals surface area contributed by atoms with Gasteiger partial charge in [-0.2, -0.15) is 0 Å². The van der Waals surface area contributed by atoms with Crippen LogP contribution in [0.15, 0.2) is 18.2 Å². The van der Waals surface area contributed by atoms with Gasteiger partial charge in [-0.05, 0) is 18.1 Å². The molecule has 0 saturated carbocycles. The Hall–Kier alpha value is -3.34. The molecule has 0 spiro atoms. The quantitative estimate of drug-likeness (QED) is 0.721. The Morgan fingerprint density at radius 2 is 2.19 bits per heavy atom. The highest BCUT2D eigenvalue weighted by Crippen LogP contribution is 2.42. The molecule has 2 atom stereocenters. The van der Waals surface area contributed by atoms with E-state index in [0.29, 0.717) is 24.3 Å². The Morgan fingerprint density at radius 3 is 2.87 bits per heavy atom. The average molecular weight is 435 g/mol. The van der Waals surface area contributed by atoms with Crippen LogP contribution in [0.25, 0.3) is 5.57 Å². The van der Waals surface area contributed by atoms with Gasteiger partial charge < -0.3 is 29.5 Å². The van der Waals surface area contributed by atoms with Crippen LogP contribution in [0.2, 0.25) is 0 Å². The maximum Gasteiger partial charge on any atom is 0.415 e. The Morgan fingerprint density at radius 1 is 1.39 bits per heavy atom. The highest BCUT2D eigenvalue weighted by Gasteiger charge is 2.47. The van der Waals surface area contributed by atoms with Crippen molar-refractivity contribution in [2.75, 3.05) is 44.9 Å². The van der Waals surface area contributed by atoms with Gasteiger partial charge in [-0.25, -0.2) is 14.0 Å². The van der Waals surface area contributed by atoms with Crippen LogP contribution in [0.5, 0.6) is 5.75 Å². The van der Waals surface area contributed by atoms with Gasteiger partial charge in [0, 0.05) is 24.7 Å². The largest absolute Gasteiger partial charge is 0.489 e. The molecule has 1 fully saturated rings. The van der Waals surface area contributed by atoms with Crippen molar-refractivity contribution in [1.29, 1.82) is 0 Å². The van der Waals surface area contributed by atoms with Crippen LogP contribution in [0.3, 0.4) is 0 Å². The number of fused-ring (bicyclic) bond motifs is 3. The lowest BCUT2D eigenvalue weighted by molar-refractivity contribution is -0.133. The first-order valence-electron chi connectivity index (χ1n) is 9.79. The number of aliphatic hydroxyl groups is 1. The molecule has 1 saturated heterocycles. The molecule has 1 aromatic rings. The predicted molar refractivity (Wildman–Crippen MR) is 105 cm³/mol. The fraction of sp³-hybridized carbons (Fsp3) is 0.450. The fourth-order valence-electron chi connectivity index (χ4n) is 3.97. The van der Waals surface area contributed by atoms with E-state index in [1.54, 1.807) is 12.1 Å². The van der Waals surface area contributed by atoms with Crippen molar-refractivity contribution < 1.29 is 38.1 Å². The van der Waals surface area contributed by atoms with E-state index in [9.17, 15) is 18.8 Å². The van der Waals surface area contributed by atoms with E-state index in [1.165, 1.54) is 23.0 Å². The first-order valence-corrected chi connectivity index (χ1v) is 9.79. The standard InChI is InChI=1S/C20H22FN3O7/c1-29-19(27)22-8-17-15-10-30-16-6-12(11-2-4-23(5-3-11)18(26)9-25)13(21)7-14(16)24(15)20(28)31-17/h2,6-7,15,17,25H,3-5,8-10H2,1H3,(H,22,27)/t15-,17-/m0/s1. The number of carbonyl (C=O) groups excluding carboxylic acids is 3. The van der Waals surface area contributed by atoms with E-state index in [0.717, 1.165) is 5.57 Å². The number of hydrogen-bond acceptors (Lipinski definition) is 7. The van der Waals surface area contributed by atoms with Crippen molar-refractivity contribution >= 4 is 29.4 Å². The molecule has 0 aromatic heterocycles. The number of amides is 3. The number of carbonyl (C=O) groups is 3. The molecule has 0 bridgehead atoms. The summed E-state index contributed by atoms with van der Waals surface area (Å²) in [6.07, 6.45) is 0.206. The lowest BCUT2D eigenvalue weighted by atomic mass is 9.97. The Labute approximate surface area is 177 Å². The second-order valence-corrected chi connectivity index (χ2v) is 7.32. The SMILES string of the molecule is COC(=O)NC[C@@H]1OC(=O)N2c3cc(F)c(C4=CCN(C(=O)CO)CC4)cc3OC[C@@H]12. The molecule has 0 radical (unpaired) electrons. The summed E-state index contributed by atoms with van der Waals surface area (Å²) in [5.41, 5.74) is 1.32. The second kappa shape index (κ2) is 8.42. The second-order valence-electron chi connectivity index (χ2n) is 7.32. The summed E-state index contributed by atoms with van der Waals surface area (Å²) in [5.74, 6) is -0.555. The molecule has 31 heavy (non-hydrogen) atoms. The summed E-state index contributed by atoms with van der Waals surface area (Å²) < 4.78 is 30.7. The van der Waals surface area contributed by atoms with Gasteiger partial charge in [0.15, 0.2) is 0 Å². The number of alkyl carbamates (subject to hydrolysis) is 1. The van der Waals surface area contributed by atoms with E-state index in [1.807, 2.05) is 0 Å². The molecule has 0 aliphatic carbocycles. The highest BCUT2D eigenvalue weighted by molar-refractivity contribution is 5.94. The lowest BCUT2D eigenvalue weighted by Gasteiger charge is -2.32. The van der Waals surface area contributed by atoms with E-state index in [-0.39, 0.29) is 31.3 Å². The maximum absolute atomic E-state index is 15.0. The van der Waals surface area contributed by atoms with Gasteiger partial charge in [0.25, 0.3) is 0 Å². The van der Waals surface area contributed by atoms with Gasteiger partial charge in [-0.1, -0.05) is 6.08 Å². The highest BCUT2D eigenvalue weighted by atomic mass is 19.1. The first-order chi connectivity index (χ1) is 14.9. The van der Waals surface area contributed by atoms with E-state index in [4.69, 9.17) is 14.6 Å². The van der Waals surface area contributed by atoms with Gasteiger partial charge >= 0.3 is 12.2 Å². The summed E-state index contributed by atoms with van der Waals surface area (Å²) in [5, 5.41) is 11.5. The van der Waals surface area contributed by atoms with E-state index < -0.39 is 36.8 Å². The number of halogens is 1. The summed E-state index contributed by atoms with van der Waals surface area (Å²) in [6.45, 7) is 0.247. The molecule has 3 amide bonds. The van der Waals surface area contributed by atoms with Gasteiger partial charge in [-0.3, -0.25) is 9.69 Å². The van der Waals surface area contributed by atoms with Gasteiger partial charge in [0.2, 0.25) is 5.91 Å². The van der Waals surface area contributed by atoms with Crippen LogP contribution in [0, 0.1) is 5.82 Å². The van der Waals surface area contributed by atoms with Crippen LogP contribution in [0.4, 0.5) is 19.7 Å². The van der Waals surface area contributed by atoms with Gasteiger partial charge in [-0.15, -0.1) is 0 Å². The lowest BCUT2D eigenvalue weighted by Crippen LogP contribution is -2.48. The molecule has 4 rings (SSSR count). The number of nitrogens with zero attached hydrogens (tertiary/aromatic N) is 2. The predicted octanol–water partition coefficient (Wildman–Crippen LogP) is 0.876. The van der Waals surface area contributed by atoms with Crippen LogP contribution >= 0.6 is 0 Å². The zero-order valence-corrected chi connectivity index (χ0v) is 16.8. The third-order valence-electron chi connectivity index (χ3n) is 5.60. The number of nitrogens with one attached hydrogen (secondary N) is 1. The minimum atomic E-state index is -0.668. The number of benzene rings is 1. The Bertz CT molecular complexity index is 951. The minimum absolute atomic E-state index is 0.0365. The summed E-state index contributed by atoms with van der Waals surface area (Å²) in [4.78, 5) is 38.2. The zero-order valence-electron chi connectivity index (χ0n) is 16.8. The minimum Gasteiger partial charge on any atom is -0.489 e. The normalized spacial score (nSPS) is 22.0.